The van der Waals surface area contributed by atoms with Crippen LogP contribution in [0.4, 0.5) is 23.0 Å². The number of nitrogens with one attached hydrogen (secondary N) is 1. The number of anilines is 3. The van der Waals surface area contributed by atoms with Gasteiger partial charge in [-0.15, -0.1) is 5.10 Å². The van der Waals surface area contributed by atoms with E-state index < -0.39 is 4.92 Å². The second kappa shape index (κ2) is 11.3. The van der Waals surface area contributed by atoms with Crippen LogP contribution in [-0.4, -0.2) is 78.0 Å². The molecule has 38 heavy (non-hydrogen) atoms. The summed E-state index contributed by atoms with van der Waals surface area (Å²) in [5.74, 6) is 1.12. The average molecular weight is 561 g/mol. The largest absolute Gasteiger partial charge is 0.494 e. The zero-order chi connectivity index (χ0) is 27.6. The van der Waals surface area contributed by atoms with Gasteiger partial charge in [0.25, 0.3) is 5.69 Å². The summed E-state index contributed by atoms with van der Waals surface area (Å²) >= 11 is 12.6. The van der Waals surface area contributed by atoms with Crippen LogP contribution >= 0.6 is 23.2 Å². The second-order valence-electron chi connectivity index (χ2n) is 8.60. The molecule has 0 spiro atoms. The van der Waals surface area contributed by atoms with E-state index in [0.717, 1.165) is 6.54 Å². The van der Waals surface area contributed by atoms with E-state index in [9.17, 15) is 10.1 Å². The van der Waals surface area contributed by atoms with E-state index in [1.54, 1.807) is 31.3 Å². The Kier molecular flexibility index (Phi) is 8.05. The van der Waals surface area contributed by atoms with Crippen LogP contribution in [0.1, 0.15) is 0 Å². The maximum absolute atomic E-state index is 11.9. The molecule has 0 atom stereocenters. The molecule has 0 radical (unpaired) electrons. The Labute approximate surface area is 228 Å². The summed E-state index contributed by atoms with van der Waals surface area (Å²) < 4.78 is 12.5. The molecule has 0 bridgehead atoms. The first kappa shape index (κ1) is 27.2. The summed E-state index contributed by atoms with van der Waals surface area (Å²) in [4.78, 5) is 24.1. The minimum Gasteiger partial charge on any atom is -0.494 e. The fourth-order valence-corrected chi connectivity index (χ4v) is 4.15. The van der Waals surface area contributed by atoms with Gasteiger partial charge in [-0.05, 0) is 32.3 Å². The Bertz CT molecular complexity index is 1490. The molecule has 0 aliphatic heterocycles. The van der Waals surface area contributed by atoms with Crippen molar-refractivity contribution in [1.82, 2.24) is 24.6 Å². The highest BCUT2D eigenvalue weighted by Crippen LogP contribution is 2.39. The molecular weight excluding hydrogens is 535 g/mol. The van der Waals surface area contributed by atoms with Crippen LogP contribution in [-0.2, 0) is 0 Å². The van der Waals surface area contributed by atoms with Crippen LogP contribution in [0.25, 0.3) is 16.7 Å². The first-order valence-corrected chi connectivity index (χ1v) is 12.1. The zero-order valence-corrected chi connectivity index (χ0v) is 22.9. The molecule has 2 aromatic carbocycles. The summed E-state index contributed by atoms with van der Waals surface area (Å²) in [6, 6.07) is 8.23. The highest BCUT2D eigenvalue weighted by molar-refractivity contribution is 6.32. The molecule has 0 unspecified atom stereocenters. The first-order valence-electron chi connectivity index (χ1n) is 11.4. The smallest absolute Gasteiger partial charge is 0.294 e. The van der Waals surface area contributed by atoms with E-state index in [0.29, 0.717) is 45.5 Å². The first-order chi connectivity index (χ1) is 18.1. The van der Waals surface area contributed by atoms with Gasteiger partial charge in [-0.1, -0.05) is 23.2 Å². The Morgan fingerprint density at radius 1 is 1.11 bits per heavy atom. The number of fused-ring (bicyclic) bond motifs is 1. The quantitative estimate of drug-likeness (QED) is 0.214. The van der Waals surface area contributed by atoms with Gasteiger partial charge in [-0.2, -0.15) is 4.98 Å². The SMILES string of the molecule is COc1cc(N(C)CCN(C)C)c([N+](=O)[O-])cc1Nc1ncc(Cl)c(-n2nc(OC)c3cc(Cl)ccc32)n1. The number of nitro benzene ring substituents is 1. The molecule has 0 amide bonds. The Morgan fingerprint density at radius 2 is 1.87 bits per heavy atom. The number of ether oxygens (including phenoxy) is 2. The molecule has 2 heterocycles. The molecule has 12 nitrogen and oxygen atoms in total. The lowest BCUT2D eigenvalue weighted by atomic mass is 10.2. The number of halogens is 2. The number of benzene rings is 2. The number of hydrogen-bond donors (Lipinski definition) is 1. The highest BCUT2D eigenvalue weighted by atomic mass is 35.5. The van der Waals surface area contributed by atoms with E-state index in [-0.39, 0.29) is 22.5 Å². The third-order valence-corrected chi connectivity index (χ3v) is 6.26. The van der Waals surface area contributed by atoms with Crippen molar-refractivity contribution in [2.45, 2.75) is 0 Å². The van der Waals surface area contributed by atoms with Gasteiger partial charge in [0.05, 0.1) is 41.9 Å². The minimum absolute atomic E-state index is 0.0940. The highest BCUT2D eigenvalue weighted by Gasteiger charge is 2.23. The summed E-state index contributed by atoms with van der Waals surface area (Å²) in [5.41, 5.74) is 1.30. The number of hydrogen-bond acceptors (Lipinski definition) is 10. The Balaban J connectivity index is 1.75. The van der Waals surface area contributed by atoms with Gasteiger partial charge in [0.15, 0.2) is 5.82 Å². The molecular formula is C24H26Cl2N8O4. The van der Waals surface area contributed by atoms with Crippen LogP contribution in [0.2, 0.25) is 10.0 Å². The Morgan fingerprint density at radius 3 is 2.53 bits per heavy atom. The fourth-order valence-electron chi connectivity index (χ4n) is 3.81. The second-order valence-corrected chi connectivity index (χ2v) is 9.44. The van der Waals surface area contributed by atoms with Crippen molar-refractivity contribution < 1.29 is 14.4 Å². The molecule has 4 rings (SSSR count). The topological polar surface area (TPSA) is 124 Å². The van der Waals surface area contributed by atoms with Crippen LogP contribution in [0.15, 0.2) is 36.5 Å². The van der Waals surface area contributed by atoms with Crippen LogP contribution in [0.5, 0.6) is 11.6 Å². The molecule has 2 aromatic heterocycles. The predicted octanol–water partition coefficient (Wildman–Crippen LogP) is 4.79. The van der Waals surface area contributed by atoms with E-state index in [2.05, 4.69) is 20.4 Å². The van der Waals surface area contributed by atoms with Crippen LogP contribution in [0.3, 0.4) is 0 Å². The molecule has 0 aliphatic rings. The van der Waals surface area contributed by atoms with E-state index in [1.165, 1.54) is 31.2 Å². The minimum atomic E-state index is -0.437. The molecule has 0 saturated carbocycles. The van der Waals surface area contributed by atoms with Gasteiger partial charge >= 0.3 is 0 Å². The molecule has 0 fully saturated rings. The lowest BCUT2D eigenvalue weighted by Gasteiger charge is -2.22. The lowest BCUT2D eigenvalue weighted by molar-refractivity contribution is -0.384. The van der Waals surface area contributed by atoms with Gasteiger partial charge in [0.2, 0.25) is 11.8 Å². The summed E-state index contributed by atoms with van der Waals surface area (Å²) in [6.45, 7) is 1.30. The number of nitrogens with zero attached hydrogens (tertiary/aromatic N) is 7. The molecule has 14 heteroatoms. The standard InChI is InChI=1S/C24H26Cl2N8O4/c1-31(2)8-9-32(3)19-12-21(37-4)17(11-20(19)34(35)36)28-24-27-13-16(26)22(29-24)33-18-7-6-14(25)10-15(18)23(30-33)38-5/h6-7,10-13H,8-9H2,1-5H3,(H,27,28,29). The van der Waals surface area contributed by atoms with Crippen molar-refractivity contribution >= 4 is 57.1 Å². The van der Waals surface area contributed by atoms with Crippen molar-refractivity contribution in [2.24, 2.45) is 0 Å². The summed E-state index contributed by atoms with van der Waals surface area (Å²) in [5, 5.41) is 20.9. The zero-order valence-electron chi connectivity index (χ0n) is 21.4. The normalized spacial score (nSPS) is 11.2. The molecule has 1 N–H and O–H groups in total. The van der Waals surface area contributed by atoms with Crippen LogP contribution < -0.4 is 19.7 Å². The maximum Gasteiger partial charge on any atom is 0.294 e. The predicted molar refractivity (Wildman–Crippen MR) is 148 cm³/mol. The molecule has 200 valence electrons. The van der Waals surface area contributed by atoms with E-state index >= 15 is 0 Å². The van der Waals surface area contributed by atoms with Crippen molar-refractivity contribution in [3.05, 3.63) is 56.7 Å². The van der Waals surface area contributed by atoms with Crippen LogP contribution in [0, 0.1) is 10.1 Å². The maximum atomic E-state index is 11.9. The van der Waals surface area contributed by atoms with E-state index in [1.807, 2.05) is 23.9 Å². The van der Waals surface area contributed by atoms with Crippen molar-refractivity contribution in [2.75, 3.05) is 58.7 Å². The number of aromatic nitrogens is 4. The van der Waals surface area contributed by atoms with Gasteiger partial charge in [0.1, 0.15) is 16.5 Å². The number of methoxy groups -OCH3 is 2. The Hall–Kier alpha value is -3.87. The van der Waals surface area contributed by atoms with Crippen molar-refractivity contribution in [3.8, 4) is 17.4 Å². The number of nitro groups is 1. The third kappa shape index (κ3) is 5.52. The van der Waals surface area contributed by atoms with Crippen molar-refractivity contribution in [3.63, 3.8) is 0 Å². The summed E-state index contributed by atoms with van der Waals surface area (Å²) in [6.07, 6.45) is 1.41. The number of rotatable bonds is 10. The van der Waals surface area contributed by atoms with Crippen molar-refractivity contribution in [1.29, 1.82) is 0 Å². The monoisotopic (exact) mass is 560 g/mol. The van der Waals surface area contributed by atoms with Gasteiger partial charge in [-0.25, -0.2) is 9.67 Å². The van der Waals surface area contributed by atoms with Gasteiger partial charge in [-0.3, -0.25) is 10.1 Å². The average Bonchev–Trinajstić information content (AvgIpc) is 3.25. The summed E-state index contributed by atoms with van der Waals surface area (Å²) in [7, 11) is 8.66. The van der Waals surface area contributed by atoms with E-state index in [4.69, 9.17) is 32.7 Å². The molecule has 4 aromatic rings. The molecule has 0 aliphatic carbocycles. The fraction of sp³-hybridized carbons (Fsp3) is 0.292. The lowest BCUT2D eigenvalue weighted by Crippen LogP contribution is -2.29. The third-order valence-electron chi connectivity index (χ3n) is 5.76. The molecule has 0 saturated heterocycles. The van der Waals surface area contributed by atoms with Gasteiger partial charge < -0.3 is 24.6 Å². The van der Waals surface area contributed by atoms with Gasteiger partial charge in [0, 0.05) is 37.3 Å². The number of likely N-dealkylation sites (N-methyl/N-ethyl adjacent to an activating group) is 2.